The number of urea groups is 3. The lowest BCUT2D eigenvalue weighted by Gasteiger charge is -2.39. The largest absolute Gasteiger partial charge is 0.497 e. The highest BCUT2D eigenvalue weighted by Crippen LogP contribution is 2.52. The lowest BCUT2D eigenvalue weighted by Crippen LogP contribution is -2.44. The number of carbonyl (C=O) groups is 7. The van der Waals surface area contributed by atoms with Crippen molar-refractivity contribution < 1.29 is 93.4 Å². The van der Waals surface area contributed by atoms with E-state index in [1.165, 1.54) is 111 Å². The van der Waals surface area contributed by atoms with Gasteiger partial charge >= 0.3 is 42.2 Å². The maximum atomic E-state index is 14.3. The van der Waals surface area contributed by atoms with Gasteiger partial charge in [0.25, 0.3) is 0 Å². The van der Waals surface area contributed by atoms with Crippen molar-refractivity contribution in [2.75, 3.05) is 71.6 Å². The first-order valence-corrected chi connectivity index (χ1v) is 37.7. The average Bonchev–Trinajstić information content (AvgIpc) is 0.743. The summed E-state index contributed by atoms with van der Waals surface area (Å²) in [6.07, 6.45) is -4.86. The molecule has 0 bridgehead atoms. The number of alkyl halides is 3. The molecule has 36 heteroatoms. The molecular weight excluding hydrogens is 1770 g/mol. The number of fused-ring (bicyclic) bond motifs is 3. The number of carbonyl (C=O) groups excluding carboxylic acids is 7. The van der Waals surface area contributed by atoms with Gasteiger partial charge in [0.15, 0.2) is 13.5 Å². The Balaban J connectivity index is 0.000000179. The Morgan fingerprint density at radius 3 is 1.06 bits per heavy atom. The summed E-state index contributed by atoms with van der Waals surface area (Å²) in [6.45, 7) is 1.27. The molecule has 13 rings (SSSR count). The number of esters is 3. The quantitative estimate of drug-likeness (QED) is 0.0387. The number of hydrogen-bond acceptors (Lipinski definition) is 15. The molecule has 0 saturated heterocycles. The van der Waals surface area contributed by atoms with E-state index >= 15 is 0 Å². The summed E-state index contributed by atoms with van der Waals surface area (Å²) < 4.78 is 102. The molecule has 0 atom stereocenters. The van der Waals surface area contributed by atoms with Crippen LogP contribution in [0.5, 0.6) is 28.7 Å². The van der Waals surface area contributed by atoms with Crippen molar-refractivity contribution in [3.8, 4) is 51.0 Å². The summed E-state index contributed by atoms with van der Waals surface area (Å²) in [5, 5.41) is 3.67. The Morgan fingerprint density at radius 2 is 0.726 bits per heavy atom. The van der Waals surface area contributed by atoms with E-state index in [0.29, 0.717) is 86.5 Å². The minimum atomic E-state index is -4.86. The average molecular weight is 1830 g/mol. The van der Waals surface area contributed by atoms with E-state index < -0.39 is 53.5 Å². The number of amides is 6. The normalized spacial score (nSPS) is 12.7. The molecule has 6 amide bonds. The highest BCUT2D eigenvalue weighted by Gasteiger charge is 2.40. The van der Waals surface area contributed by atoms with E-state index in [1.54, 1.807) is 73.6 Å². The topological polar surface area (TPSA) is 222 Å². The molecule has 0 aromatic heterocycles. The van der Waals surface area contributed by atoms with Gasteiger partial charge in [0, 0.05) is 70.1 Å². The third kappa shape index (κ3) is 19.9. The smallest absolute Gasteiger partial charge is 0.438 e. The SMILES string of the molecule is COC(=O)c1cc(Cl)c(N2C(=O)N(Cc3ccc(OC)cc3)Cc3c(-c4ccc(F)cc4Cl)cc(OC)cc32)c(Cl)c1.COC(=O)c1cc(Cl)c(N2C(=O)N(Cc3ccc(OC)cc3)Cc3c(Br)cc(OC)cc32)c(Cl)c1.COC(=O)c1cc(Cl)c(N2C(=O)NCc3c(-c4ccc(F)cc4Cl)cc(OC)cc32)c(Cl)c1.[B]C(=O)C(F)(F)F. The zero-order chi connectivity index (χ0) is 85.3. The van der Waals surface area contributed by atoms with Gasteiger partial charge in [-0.05, 0) is 138 Å². The number of nitrogens with one attached hydrogen (secondary N) is 1. The highest BCUT2D eigenvalue weighted by molar-refractivity contribution is 9.10. The van der Waals surface area contributed by atoms with Crippen molar-refractivity contribution in [2.24, 2.45) is 0 Å². The molecule has 0 saturated carbocycles. The van der Waals surface area contributed by atoms with Crippen LogP contribution in [0.1, 0.15) is 58.9 Å². The van der Waals surface area contributed by atoms with Crippen LogP contribution < -0.4 is 43.7 Å². The van der Waals surface area contributed by atoms with E-state index in [0.717, 1.165) is 26.9 Å². The van der Waals surface area contributed by atoms with Gasteiger partial charge in [-0.25, -0.2) is 37.5 Å². The van der Waals surface area contributed by atoms with Crippen molar-refractivity contribution in [1.82, 2.24) is 15.1 Å². The zero-order valence-corrected chi connectivity index (χ0v) is 69.9. The predicted molar refractivity (Wildman–Crippen MR) is 442 cm³/mol. The van der Waals surface area contributed by atoms with Crippen LogP contribution in [-0.4, -0.2) is 122 Å². The molecule has 606 valence electrons. The number of benzene rings is 10. The van der Waals surface area contributed by atoms with E-state index in [4.69, 9.17) is 135 Å². The number of methoxy groups -OCH3 is 8. The van der Waals surface area contributed by atoms with Crippen molar-refractivity contribution in [3.05, 3.63) is 259 Å². The molecule has 1 N–H and O–H groups in total. The monoisotopic (exact) mass is 1820 g/mol. The molecule has 3 heterocycles. The summed E-state index contributed by atoms with van der Waals surface area (Å²) in [5.74, 6) is 0.0148. The molecule has 117 heavy (non-hydrogen) atoms. The van der Waals surface area contributed by atoms with E-state index in [9.17, 15) is 50.7 Å². The van der Waals surface area contributed by atoms with Gasteiger partial charge in [0.2, 0.25) is 0 Å². The summed E-state index contributed by atoms with van der Waals surface area (Å²) in [7, 11) is 15.3. The fraction of sp³-hybridized carbons (Fsp3) is 0.173. The minimum Gasteiger partial charge on any atom is -0.497 e. The van der Waals surface area contributed by atoms with Gasteiger partial charge in [-0.15, -0.1) is 0 Å². The zero-order valence-electron chi connectivity index (χ0n) is 62.3. The Labute approximate surface area is 715 Å². The van der Waals surface area contributed by atoms with Crippen LogP contribution in [0.25, 0.3) is 22.3 Å². The summed E-state index contributed by atoms with van der Waals surface area (Å²) in [6, 6.07) is 40.6. The van der Waals surface area contributed by atoms with Crippen molar-refractivity contribution in [2.45, 2.75) is 38.9 Å². The fourth-order valence-electron chi connectivity index (χ4n) is 12.4. The number of halogens is 14. The Bertz CT molecular complexity index is 5500. The van der Waals surface area contributed by atoms with Crippen LogP contribution in [0, 0.1) is 11.6 Å². The number of nitrogens with zero attached hydrogens (tertiary/aromatic N) is 5. The van der Waals surface area contributed by atoms with Gasteiger partial charge in [0.05, 0.1) is 161 Å². The molecule has 2 radical (unpaired) electrons. The third-order valence-electron chi connectivity index (χ3n) is 18.0. The lowest BCUT2D eigenvalue weighted by atomic mass is 9.94. The van der Waals surface area contributed by atoms with Crippen LogP contribution in [-0.2, 0) is 51.7 Å². The van der Waals surface area contributed by atoms with E-state index in [2.05, 4.69) is 29.1 Å². The van der Waals surface area contributed by atoms with Crippen LogP contribution in [0.4, 0.5) is 70.5 Å². The molecule has 0 aliphatic carbocycles. The second-order valence-corrected chi connectivity index (χ2v) is 29.2. The van der Waals surface area contributed by atoms with Crippen LogP contribution in [0.2, 0.25) is 40.2 Å². The third-order valence-corrected chi connectivity index (χ3v) is 21.0. The summed E-state index contributed by atoms with van der Waals surface area (Å²) in [4.78, 5) is 93.8. The fourth-order valence-corrected chi connectivity index (χ4v) is 15.5. The standard InChI is InChI=1S/C31H24Cl3FN2O5.C25H21BrCl2N2O5.C23H16Cl3FN2O4.C2BF3O/c1-40-20-7-4-17(5-8-20)15-36-16-24-23(22-9-6-19(35)12-25(22)32)13-21(41-2)14-28(24)37(31(36)39)29-26(33)10-18(11-27(29)34)30(38)42-3;1-33-16-6-4-14(5-7-16)12-29-13-18-19(26)10-17(34-2)11-22(18)30(25(29)32)23-20(27)8-15(9-21(23)28)24(31)35-3;1-32-13-8-15(14-4-3-12(27)7-17(14)24)16-10-28-23(31)29(20(16)9-13)21-18(25)5-11(6-19(21)26)22(30)33-2;3-1(7)2(4,5)6/h4-14H,15-16H2,1-3H3;4-11H,12-13H2,1-3H3;3-9H,10H2,1-2H3,(H,28,31);. The minimum absolute atomic E-state index is 0.0534. The number of rotatable bonds is 17. The number of anilines is 6. The van der Waals surface area contributed by atoms with Gasteiger partial charge in [-0.3, -0.25) is 14.7 Å². The van der Waals surface area contributed by atoms with Crippen molar-refractivity contribution >= 4 is 192 Å². The molecule has 10 aromatic carbocycles. The van der Waals surface area contributed by atoms with E-state index in [1.807, 2.05) is 54.6 Å². The van der Waals surface area contributed by atoms with Crippen molar-refractivity contribution in [3.63, 3.8) is 0 Å². The summed E-state index contributed by atoms with van der Waals surface area (Å²) >= 11 is 56.0. The van der Waals surface area contributed by atoms with Gasteiger partial charge in [-0.1, -0.05) is 133 Å². The van der Waals surface area contributed by atoms with Gasteiger partial charge < -0.3 is 57.8 Å². The number of hydrogen-bond donors (Lipinski definition) is 1. The first kappa shape index (κ1) is 89.0. The van der Waals surface area contributed by atoms with Crippen LogP contribution in [0.15, 0.2) is 162 Å². The molecule has 3 aliphatic heterocycles. The first-order valence-electron chi connectivity index (χ1n) is 33.9. The van der Waals surface area contributed by atoms with Crippen molar-refractivity contribution in [1.29, 1.82) is 0 Å². The molecule has 0 spiro atoms. The second-order valence-electron chi connectivity index (χ2n) is 25.0. The molecule has 10 aromatic rings. The molecule has 0 unspecified atom stereocenters. The molecule has 21 nitrogen and oxygen atoms in total. The lowest BCUT2D eigenvalue weighted by molar-refractivity contribution is -0.161. The molecular formula is C81H61BBrCl8F5N6O15. The van der Waals surface area contributed by atoms with E-state index in [-0.39, 0.29) is 99.6 Å². The van der Waals surface area contributed by atoms with Gasteiger partial charge in [-0.2, -0.15) is 13.2 Å². The van der Waals surface area contributed by atoms with Crippen LogP contribution in [0.3, 0.4) is 0 Å². The Hall–Kier alpha value is -10.4. The number of ether oxygens (including phenoxy) is 8. The first-order chi connectivity index (χ1) is 55.6. The molecule has 3 aliphatic rings. The highest BCUT2D eigenvalue weighted by atomic mass is 79.9. The maximum absolute atomic E-state index is 14.3. The Morgan fingerprint density at radius 1 is 0.410 bits per heavy atom. The molecule has 0 fully saturated rings. The summed E-state index contributed by atoms with van der Waals surface area (Å²) in [5.41, 5.74) is 6.62. The van der Waals surface area contributed by atoms with Gasteiger partial charge in [0.1, 0.15) is 40.4 Å². The van der Waals surface area contributed by atoms with Crippen LogP contribution >= 0.6 is 109 Å². The second kappa shape index (κ2) is 38.3. The predicted octanol–water partition coefficient (Wildman–Crippen LogP) is 22.2. The maximum Gasteiger partial charge on any atom is 0.438 e. The Kier molecular flexibility index (Phi) is 29.2.